The molecule has 1 atom stereocenters. The van der Waals surface area contributed by atoms with Crippen molar-refractivity contribution in [1.29, 1.82) is 0 Å². The van der Waals surface area contributed by atoms with Gasteiger partial charge in [0, 0.05) is 18.2 Å². The number of hydrogen-bond donors (Lipinski definition) is 1. The number of amides is 1. The number of likely N-dealkylation sites (tertiary alicyclic amines) is 1. The van der Waals surface area contributed by atoms with Crippen molar-refractivity contribution in [2.75, 3.05) is 13.1 Å². The van der Waals surface area contributed by atoms with Crippen molar-refractivity contribution >= 4 is 5.91 Å². The number of hydrogen-bond acceptors (Lipinski definition) is 2. The van der Waals surface area contributed by atoms with Crippen LogP contribution in [0.5, 0.6) is 0 Å². The van der Waals surface area contributed by atoms with Crippen molar-refractivity contribution in [3.8, 4) is 0 Å². The summed E-state index contributed by atoms with van der Waals surface area (Å²) < 4.78 is 0. The van der Waals surface area contributed by atoms with E-state index in [1.807, 2.05) is 0 Å². The van der Waals surface area contributed by atoms with Crippen molar-refractivity contribution in [1.82, 2.24) is 4.90 Å². The molecule has 1 aliphatic carbocycles. The monoisotopic (exact) mass is 166 g/mol. The van der Waals surface area contributed by atoms with E-state index in [9.17, 15) is 4.79 Å². The number of rotatable bonds is 2. The highest BCUT2D eigenvalue weighted by molar-refractivity contribution is 5.76. The van der Waals surface area contributed by atoms with E-state index in [-0.39, 0.29) is 5.91 Å². The standard InChI is InChI=1S/C9H14N2O/c10-9(12)6-11-5-4-7-2-1-3-8(7)11/h3,7H,1-2,4-6H2,(H2,10,12). The molecule has 0 aromatic heterocycles. The fraction of sp³-hybridized carbons (Fsp3) is 0.667. The third-order valence-electron chi connectivity index (χ3n) is 2.75. The first-order valence-electron chi connectivity index (χ1n) is 4.50. The Hall–Kier alpha value is -0.990. The minimum Gasteiger partial charge on any atom is -0.368 e. The molecule has 1 amide bonds. The molecule has 1 unspecified atom stereocenters. The molecular formula is C9H14N2O. The fourth-order valence-corrected chi connectivity index (χ4v) is 2.23. The van der Waals surface area contributed by atoms with Crippen LogP contribution in [0.25, 0.3) is 0 Å². The molecule has 0 aromatic carbocycles. The van der Waals surface area contributed by atoms with E-state index in [2.05, 4.69) is 11.0 Å². The van der Waals surface area contributed by atoms with Crippen LogP contribution in [0, 0.1) is 5.92 Å². The zero-order chi connectivity index (χ0) is 8.55. The molecule has 12 heavy (non-hydrogen) atoms. The van der Waals surface area contributed by atoms with Crippen molar-refractivity contribution in [2.24, 2.45) is 11.7 Å². The number of carbonyl (C=O) groups excluding carboxylic acids is 1. The maximum Gasteiger partial charge on any atom is 0.236 e. The van der Waals surface area contributed by atoms with E-state index < -0.39 is 0 Å². The molecule has 3 nitrogen and oxygen atoms in total. The SMILES string of the molecule is NC(=O)CN1CCC2CCC=C21. The van der Waals surface area contributed by atoms with Gasteiger partial charge in [-0.25, -0.2) is 0 Å². The number of carbonyl (C=O) groups is 1. The van der Waals surface area contributed by atoms with Crippen LogP contribution in [0.1, 0.15) is 19.3 Å². The minimum atomic E-state index is -0.219. The molecule has 0 saturated carbocycles. The fourth-order valence-electron chi connectivity index (χ4n) is 2.23. The number of nitrogens with two attached hydrogens (primary N) is 1. The lowest BCUT2D eigenvalue weighted by atomic mass is 10.1. The van der Waals surface area contributed by atoms with Gasteiger partial charge in [-0.15, -0.1) is 0 Å². The first kappa shape index (κ1) is 7.65. The molecule has 2 rings (SSSR count). The maximum atomic E-state index is 10.7. The molecule has 1 heterocycles. The molecule has 0 radical (unpaired) electrons. The predicted molar refractivity (Wildman–Crippen MR) is 46.2 cm³/mol. The Labute approximate surface area is 72.2 Å². The van der Waals surface area contributed by atoms with Gasteiger partial charge >= 0.3 is 0 Å². The quantitative estimate of drug-likeness (QED) is 0.648. The zero-order valence-electron chi connectivity index (χ0n) is 7.12. The van der Waals surface area contributed by atoms with Crippen LogP contribution in [-0.2, 0) is 4.79 Å². The Kier molecular flexibility index (Phi) is 1.79. The predicted octanol–water partition coefficient (Wildman–Crippen LogP) is 0.471. The summed E-state index contributed by atoms with van der Waals surface area (Å²) >= 11 is 0. The summed E-state index contributed by atoms with van der Waals surface area (Å²) in [6.07, 6.45) is 5.90. The van der Waals surface area contributed by atoms with Crippen LogP contribution in [0.4, 0.5) is 0 Å². The Morgan fingerprint density at radius 3 is 3.25 bits per heavy atom. The smallest absolute Gasteiger partial charge is 0.236 e. The second-order valence-corrected chi connectivity index (χ2v) is 3.58. The lowest BCUT2D eigenvalue weighted by Crippen LogP contribution is -2.30. The van der Waals surface area contributed by atoms with Crippen LogP contribution >= 0.6 is 0 Å². The van der Waals surface area contributed by atoms with Crippen LogP contribution in [0.2, 0.25) is 0 Å². The molecule has 0 bridgehead atoms. The normalized spacial score (nSPS) is 27.2. The van der Waals surface area contributed by atoms with Crippen molar-refractivity contribution < 1.29 is 4.79 Å². The first-order chi connectivity index (χ1) is 5.77. The van der Waals surface area contributed by atoms with Crippen molar-refractivity contribution in [3.63, 3.8) is 0 Å². The average Bonchev–Trinajstić information content (AvgIpc) is 2.52. The molecular weight excluding hydrogens is 152 g/mol. The number of fused-ring (bicyclic) bond motifs is 1. The van der Waals surface area contributed by atoms with E-state index >= 15 is 0 Å². The molecule has 2 N–H and O–H groups in total. The van der Waals surface area contributed by atoms with Crippen molar-refractivity contribution in [2.45, 2.75) is 19.3 Å². The van der Waals surface area contributed by atoms with Gasteiger partial charge in [0.2, 0.25) is 5.91 Å². The van der Waals surface area contributed by atoms with Gasteiger partial charge in [-0.05, 0) is 19.3 Å². The highest BCUT2D eigenvalue weighted by atomic mass is 16.1. The molecule has 1 aliphatic heterocycles. The third-order valence-corrected chi connectivity index (χ3v) is 2.75. The van der Waals surface area contributed by atoms with Crippen LogP contribution in [-0.4, -0.2) is 23.9 Å². The Morgan fingerprint density at radius 1 is 1.67 bits per heavy atom. The summed E-state index contributed by atoms with van der Waals surface area (Å²) in [5, 5.41) is 0. The van der Waals surface area contributed by atoms with Gasteiger partial charge in [-0.2, -0.15) is 0 Å². The van der Waals surface area contributed by atoms with Gasteiger partial charge in [-0.1, -0.05) is 6.08 Å². The second-order valence-electron chi connectivity index (χ2n) is 3.58. The molecule has 0 aromatic rings. The van der Waals surface area contributed by atoms with Gasteiger partial charge in [0.25, 0.3) is 0 Å². The van der Waals surface area contributed by atoms with Crippen LogP contribution in [0.3, 0.4) is 0 Å². The highest BCUT2D eigenvalue weighted by Crippen LogP contribution is 2.36. The summed E-state index contributed by atoms with van der Waals surface area (Å²) in [6, 6.07) is 0. The molecule has 2 aliphatic rings. The Balaban J connectivity index is 2.04. The Morgan fingerprint density at radius 2 is 2.50 bits per heavy atom. The summed E-state index contributed by atoms with van der Waals surface area (Å²) in [7, 11) is 0. The van der Waals surface area contributed by atoms with Crippen molar-refractivity contribution in [3.05, 3.63) is 11.8 Å². The van der Waals surface area contributed by atoms with E-state index in [1.54, 1.807) is 0 Å². The molecule has 0 spiro atoms. The molecule has 66 valence electrons. The number of primary amides is 1. The van der Waals surface area contributed by atoms with E-state index in [1.165, 1.54) is 25.0 Å². The summed E-state index contributed by atoms with van der Waals surface area (Å²) in [5.74, 6) is 0.507. The number of nitrogens with zero attached hydrogens (tertiary/aromatic N) is 1. The number of allylic oxidation sites excluding steroid dienone is 2. The maximum absolute atomic E-state index is 10.7. The highest BCUT2D eigenvalue weighted by Gasteiger charge is 2.30. The first-order valence-corrected chi connectivity index (χ1v) is 4.50. The van der Waals surface area contributed by atoms with Gasteiger partial charge in [0.05, 0.1) is 6.54 Å². The summed E-state index contributed by atoms with van der Waals surface area (Å²) in [4.78, 5) is 12.8. The molecule has 3 heteroatoms. The average molecular weight is 166 g/mol. The topological polar surface area (TPSA) is 46.3 Å². The third kappa shape index (κ3) is 1.19. The lowest BCUT2D eigenvalue weighted by molar-refractivity contribution is -0.118. The Bertz CT molecular complexity index is 235. The van der Waals surface area contributed by atoms with Gasteiger partial charge < -0.3 is 10.6 Å². The van der Waals surface area contributed by atoms with E-state index in [0.29, 0.717) is 6.54 Å². The minimum absolute atomic E-state index is 0.219. The largest absolute Gasteiger partial charge is 0.368 e. The summed E-state index contributed by atoms with van der Waals surface area (Å²) in [6.45, 7) is 1.42. The molecule has 1 saturated heterocycles. The van der Waals surface area contributed by atoms with Gasteiger partial charge in [0.15, 0.2) is 0 Å². The lowest BCUT2D eigenvalue weighted by Gasteiger charge is -2.17. The van der Waals surface area contributed by atoms with Gasteiger partial charge in [-0.3, -0.25) is 4.79 Å². The summed E-state index contributed by atoms with van der Waals surface area (Å²) in [5.41, 5.74) is 6.52. The van der Waals surface area contributed by atoms with Crippen LogP contribution < -0.4 is 5.73 Å². The second kappa shape index (κ2) is 2.81. The van der Waals surface area contributed by atoms with E-state index in [0.717, 1.165) is 12.5 Å². The van der Waals surface area contributed by atoms with Gasteiger partial charge in [0.1, 0.15) is 0 Å². The molecule has 1 fully saturated rings. The van der Waals surface area contributed by atoms with Crippen LogP contribution in [0.15, 0.2) is 11.8 Å². The van der Waals surface area contributed by atoms with E-state index in [4.69, 9.17) is 5.73 Å². The zero-order valence-corrected chi connectivity index (χ0v) is 7.12.